The van der Waals surface area contributed by atoms with E-state index >= 15 is 0 Å². The van der Waals surface area contributed by atoms with Gasteiger partial charge in [-0.1, -0.05) is 48.0 Å². The summed E-state index contributed by atoms with van der Waals surface area (Å²) in [5, 5.41) is 3.00. The SMILES string of the molecule is CCN(C(=O)NCc1ccc(F)c(Cl)c1)C1CCN(Cc2ccccc2)C1. The number of nitrogens with one attached hydrogen (secondary N) is 1. The van der Waals surface area contributed by atoms with Gasteiger partial charge in [-0.05, 0) is 36.6 Å². The zero-order valence-corrected chi connectivity index (χ0v) is 16.3. The minimum atomic E-state index is -0.452. The molecule has 1 N–H and O–H groups in total. The van der Waals surface area contributed by atoms with Gasteiger partial charge in [-0.25, -0.2) is 9.18 Å². The maximum absolute atomic E-state index is 13.2. The summed E-state index contributed by atoms with van der Waals surface area (Å²) >= 11 is 5.80. The molecule has 1 aliphatic rings. The maximum atomic E-state index is 13.2. The number of benzene rings is 2. The van der Waals surface area contributed by atoms with Crippen molar-refractivity contribution < 1.29 is 9.18 Å². The van der Waals surface area contributed by atoms with Gasteiger partial charge in [0.2, 0.25) is 0 Å². The summed E-state index contributed by atoms with van der Waals surface area (Å²) in [5.41, 5.74) is 2.07. The molecule has 0 spiro atoms. The molecule has 1 heterocycles. The number of hydrogen-bond acceptors (Lipinski definition) is 2. The lowest BCUT2D eigenvalue weighted by molar-refractivity contribution is 0.176. The minimum Gasteiger partial charge on any atom is -0.334 e. The average Bonchev–Trinajstić information content (AvgIpc) is 3.12. The zero-order valence-electron chi connectivity index (χ0n) is 15.5. The fourth-order valence-electron chi connectivity index (χ4n) is 3.55. The van der Waals surface area contributed by atoms with E-state index in [0.29, 0.717) is 13.1 Å². The summed E-state index contributed by atoms with van der Waals surface area (Å²) < 4.78 is 13.2. The first-order valence-corrected chi connectivity index (χ1v) is 9.69. The Labute approximate surface area is 164 Å². The Bertz CT molecular complexity index is 771. The second-order valence-corrected chi connectivity index (χ2v) is 7.26. The Balaban J connectivity index is 1.53. The average molecular weight is 390 g/mol. The Hall–Kier alpha value is -2.11. The first-order chi connectivity index (χ1) is 13.1. The first-order valence-electron chi connectivity index (χ1n) is 9.31. The molecule has 2 aromatic carbocycles. The van der Waals surface area contributed by atoms with Crippen LogP contribution in [0.2, 0.25) is 5.02 Å². The Kier molecular flexibility index (Phi) is 6.69. The van der Waals surface area contributed by atoms with E-state index in [1.807, 2.05) is 17.9 Å². The highest BCUT2D eigenvalue weighted by molar-refractivity contribution is 6.30. The molecule has 1 fully saturated rings. The minimum absolute atomic E-state index is 0.0708. The standard InChI is InChI=1S/C21H25ClFN3O/c1-2-26(21(27)24-13-17-8-9-20(23)19(22)12-17)18-10-11-25(15-18)14-16-6-4-3-5-7-16/h3-9,12,18H,2,10-11,13-15H2,1H3,(H,24,27). The van der Waals surface area contributed by atoms with Crippen LogP contribution in [0, 0.1) is 5.82 Å². The Morgan fingerprint density at radius 3 is 2.74 bits per heavy atom. The molecule has 27 heavy (non-hydrogen) atoms. The number of rotatable bonds is 6. The van der Waals surface area contributed by atoms with Crippen LogP contribution in [0.4, 0.5) is 9.18 Å². The van der Waals surface area contributed by atoms with Crippen LogP contribution in [0.5, 0.6) is 0 Å². The second-order valence-electron chi connectivity index (χ2n) is 6.86. The quantitative estimate of drug-likeness (QED) is 0.800. The lowest BCUT2D eigenvalue weighted by Gasteiger charge is -2.28. The molecule has 6 heteroatoms. The van der Waals surface area contributed by atoms with E-state index in [1.54, 1.807) is 12.1 Å². The van der Waals surface area contributed by atoms with Gasteiger partial charge in [0.1, 0.15) is 5.82 Å². The van der Waals surface area contributed by atoms with Crippen molar-refractivity contribution in [3.8, 4) is 0 Å². The number of hydrogen-bond donors (Lipinski definition) is 1. The smallest absolute Gasteiger partial charge is 0.317 e. The number of carbonyl (C=O) groups excluding carboxylic acids is 1. The van der Waals surface area contributed by atoms with Gasteiger partial charge in [0.05, 0.1) is 5.02 Å². The molecular formula is C21H25ClFN3O. The number of urea groups is 1. The zero-order chi connectivity index (χ0) is 19.2. The van der Waals surface area contributed by atoms with E-state index in [9.17, 15) is 9.18 Å². The number of likely N-dealkylation sites (tertiary alicyclic amines) is 1. The topological polar surface area (TPSA) is 35.6 Å². The van der Waals surface area contributed by atoms with Crippen LogP contribution in [0.1, 0.15) is 24.5 Å². The van der Waals surface area contributed by atoms with Crippen molar-refractivity contribution >= 4 is 17.6 Å². The molecular weight excluding hydrogens is 365 g/mol. The van der Waals surface area contributed by atoms with Gasteiger partial charge >= 0.3 is 6.03 Å². The van der Waals surface area contributed by atoms with Crippen LogP contribution >= 0.6 is 11.6 Å². The molecule has 0 aromatic heterocycles. The van der Waals surface area contributed by atoms with Crippen LogP contribution in [0.15, 0.2) is 48.5 Å². The highest BCUT2D eigenvalue weighted by Crippen LogP contribution is 2.19. The van der Waals surface area contributed by atoms with Gasteiger partial charge < -0.3 is 10.2 Å². The summed E-state index contributed by atoms with van der Waals surface area (Å²) in [6.45, 7) is 5.74. The van der Waals surface area contributed by atoms with E-state index in [1.165, 1.54) is 11.6 Å². The third kappa shape index (κ3) is 5.21. The summed E-state index contributed by atoms with van der Waals surface area (Å²) in [7, 11) is 0. The van der Waals surface area contributed by atoms with Crippen LogP contribution in [0.3, 0.4) is 0 Å². The van der Waals surface area contributed by atoms with Crippen molar-refractivity contribution in [2.24, 2.45) is 0 Å². The third-order valence-electron chi connectivity index (χ3n) is 4.97. The van der Waals surface area contributed by atoms with Gasteiger partial charge in [0.25, 0.3) is 0 Å². The van der Waals surface area contributed by atoms with Gasteiger partial charge in [0, 0.05) is 38.8 Å². The third-order valence-corrected chi connectivity index (χ3v) is 5.26. The van der Waals surface area contributed by atoms with Crippen molar-refractivity contribution in [3.63, 3.8) is 0 Å². The van der Waals surface area contributed by atoms with Gasteiger partial charge in [-0.3, -0.25) is 4.90 Å². The van der Waals surface area contributed by atoms with E-state index in [2.05, 4.69) is 34.5 Å². The number of amides is 2. The highest BCUT2D eigenvalue weighted by Gasteiger charge is 2.29. The Morgan fingerprint density at radius 2 is 2.04 bits per heavy atom. The van der Waals surface area contributed by atoms with E-state index in [4.69, 9.17) is 11.6 Å². The monoisotopic (exact) mass is 389 g/mol. The molecule has 1 aliphatic heterocycles. The molecule has 1 saturated heterocycles. The van der Waals surface area contributed by atoms with Crippen molar-refractivity contribution in [3.05, 3.63) is 70.5 Å². The summed E-state index contributed by atoms with van der Waals surface area (Å²) in [5.74, 6) is -0.452. The van der Waals surface area contributed by atoms with E-state index in [0.717, 1.165) is 31.6 Å². The molecule has 144 valence electrons. The molecule has 0 aliphatic carbocycles. The largest absolute Gasteiger partial charge is 0.334 e. The molecule has 2 aromatic rings. The maximum Gasteiger partial charge on any atom is 0.317 e. The predicted octanol–water partition coefficient (Wildman–Crippen LogP) is 4.29. The predicted molar refractivity (Wildman–Crippen MR) is 106 cm³/mol. The fourth-order valence-corrected chi connectivity index (χ4v) is 3.75. The summed E-state index contributed by atoms with van der Waals surface area (Å²) in [4.78, 5) is 16.9. The number of nitrogens with zero attached hydrogens (tertiary/aromatic N) is 2. The van der Waals surface area contributed by atoms with Crippen molar-refractivity contribution in [1.82, 2.24) is 15.1 Å². The van der Waals surface area contributed by atoms with E-state index < -0.39 is 5.82 Å². The summed E-state index contributed by atoms with van der Waals surface area (Å²) in [6.07, 6.45) is 0.969. The molecule has 0 radical (unpaired) electrons. The van der Waals surface area contributed by atoms with Crippen LogP contribution < -0.4 is 5.32 Å². The lowest BCUT2D eigenvalue weighted by Crippen LogP contribution is -2.46. The van der Waals surface area contributed by atoms with Crippen molar-refractivity contribution in [1.29, 1.82) is 0 Å². The molecule has 0 bridgehead atoms. The van der Waals surface area contributed by atoms with Crippen LogP contribution in [-0.4, -0.2) is 41.5 Å². The summed E-state index contributed by atoms with van der Waals surface area (Å²) in [6, 6.07) is 15.0. The second kappa shape index (κ2) is 9.20. The molecule has 3 rings (SSSR count). The number of halogens is 2. The normalized spacial score (nSPS) is 17.1. The molecule has 4 nitrogen and oxygen atoms in total. The fraction of sp³-hybridized carbons (Fsp3) is 0.381. The van der Waals surface area contributed by atoms with Crippen molar-refractivity contribution in [2.45, 2.75) is 32.5 Å². The van der Waals surface area contributed by atoms with Gasteiger partial charge in [-0.2, -0.15) is 0 Å². The molecule has 0 saturated carbocycles. The van der Waals surface area contributed by atoms with Crippen LogP contribution in [0.25, 0.3) is 0 Å². The number of carbonyl (C=O) groups is 1. The van der Waals surface area contributed by atoms with Crippen molar-refractivity contribution in [2.75, 3.05) is 19.6 Å². The molecule has 2 amide bonds. The highest BCUT2D eigenvalue weighted by atomic mass is 35.5. The lowest BCUT2D eigenvalue weighted by atomic mass is 10.2. The van der Waals surface area contributed by atoms with Gasteiger partial charge in [-0.15, -0.1) is 0 Å². The Morgan fingerprint density at radius 1 is 1.26 bits per heavy atom. The molecule has 1 atom stereocenters. The van der Waals surface area contributed by atoms with Crippen LogP contribution in [-0.2, 0) is 13.1 Å². The molecule has 1 unspecified atom stereocenters. The first kappa shape index (κ1) is 19.6. The number of likely N-dealkylation sites (N-methyl/N-ethyl adjacent to an activating group) is 1. The van der Waals surface area contributed by atoms with E-state index in [-0.39, 0.29) is 17.1 Å². The van der Waals surface area contributed by atoms with Gasteiger partial charge in [0.15, 0.2) is 0 Å².